The Morgan fingerprint density at radius 3 is 2.41 bits per heavy atom. The molecule has 0 radical (unpaired) electrons. The van der Waals surface area contributed by atoms with E-state index < -0.39 is 0 Å². The molecule has 1 saturated carbocycles. The largest absolute Gasteiger partial charge is 0.354 e. The van der Waals surface area contributed by atoms with E-state index >= 15 is 0 Å². The second-order valence-corrected chi connectivity index (χ2v) is 10.4. The van der Waals surface area contributed by atoms with Crippen molar-refractivity contribution in [1.82, 2.24) is 9.88 Å². The fraction of sp³-hybridized carbons (Fsp3) is 0.429. The Morgan fingerprint density at radius 2 is 1.76 bits per heavy atom. The van der Waals surface area contributed by atoms with Crippen molar-refractivity contribution in [2.75, 3.05) is 36.0 Å². The van der Waals surface area contributed by atoms with Crippen LogP contribution in [0.4, 0.5) is 11.5 Å². The number of aryl methyl sites for hydroxylation is 1. The second-order valence-electron chi connectivity index (χ2n) is 9.58. The summed E-state index contributed by atoms with van der Waals surface area (Å²) in [5.74, 6) is 1.06. The van der Waals surface area contributed by atoms with E-state index in [1.165, 1.54) is 37.7 Å². The maximum absolute atomic E-state index is 13.3. The summed E-state index contributed by atoms with van der Waals surface area (Å²) in [6, 6.07) is 15.1. The Bertz CT molecular complexity index is 1050. The van der Waals surface area contributed by atoms with E-state index in [1.54, 1.807) is 11.3 Å². The highest BCUT2D eigenvalue weighted by Crippen LogP contribution is 2.25. The molecule has 0 atom stereocenters. The molecule has 0 unspecified atom stereocenters. The lowest BCUT2D eigenvalue weighted by molar-refractivity contribution is 0.0985. The normalized spacial score (nSPS) is 17.6. The molecular weight excluding hydrogens is 440 g/mol. The van der Waals surface area contributed by atoms with Crippen molar-refractivity contribution in [2.24, 2.45) is 0 Å². The molecule has 5 rings (SSSR count). The highest BCUT2D eigenvalue weighted by Gasteiger charge is 2.25. The van der Waals surface area contributed by atoms with Crippen molar-refractivity contribution in [3.63, 3.8) is 0 Å². The van der Waals surface area contributed by atoms with Gasteiger partial charge < -0.3 is 9.80 Å². The Kier molecular flexibility index (Phi) is 7.26. The van der Waals surface area contributed by atoms with Gasteiger partial charge in [0.05, 0.1) is 12.1 Å². The predicted molar refractivity (Wildman–Crippen MR) is 141 cm³/mol. The van der Waals surface area contributed by atoms with Crippen LogP contribution in [0.15, 0.2) is 59.4 Å². The zero-order valence-electron chi connectivity index (χ0n) is 20.0. The summed E-state index contributed by atoms with van der Waals surface area (Å²) in [5.41, 5.74) is 3.85. The van der Waals surface area contributed by atoms with Crippen LogP contribution in [0, 0.1) is 6.92 Å². The van der Waals surface area contributed by atoms with E-state index in [0.29, 0.717) is 6.54 Å². The number of aromatic nitrogens is 1. The molecule has 178 valence electrons. The number of anilines is 2. The number of rotatable bonds is 6. The van der Waals surface area contributed by atoms with Crippen LogP contribution in [0.25, 0.3) is 0 Å². The molecule has 0 spiro atoms. The van der Waals surface area contributed by atoms with Gasteiger partial charge in [0.1, 0.15) is 5.82 Å². The molecule has 34 heavy (non-hydrogen) atoms. The number of hydrogen-bond acceptors (Lipinski definition) is 5. The van der Waals surface area contributed by atoms with Gasteiger partial charge in [-0.25, -0.2) is 4.98 Å². The quantitative estimate of drug-likeness (QED) is 0.456. The minimum atomic E-state index is 0.0213. The second kappa shape index (κ2) is 10.7. The van der Waals surface area contributed by atoms with Crippen LogP contribution < -0.4 is 9.80 Å². The van der Waals surface area contributed by atoms with E-state index in [-0.39, 0.29) is 5.91 Å². The molecule has 1 aliphatic heterocycles. The van der Waals surface area contributed by atoms with Gasteiger partial charge in [-0.15, -0.1) is 0 Å². The van der Waals surface area contributed by atoms with Crippen molar-refractivity contribution >= 4 is 28.7 Å². The van der Waals surface area contributed by atoms with E-state index in [0.717, 1.165) is 54.9 Å². The Morgan fingerprint density at radius 1 is 1.00 bits per heavy atom. The van der Waals surface area contributed by atoms with Gasteiger partial charge in [-0.05, 0) is 55.0 Å². The monoisotopic (exact) mass is 474 g/mol. The molecule has 1 amide bonds. The van der Waals surface area contributed by atoms with Crippen LogP contribution in [0.1, 0.15) is 53.6 Å². The minimum absolute atomic E-state index is 0.0213. The average Bonchev–Trinajstić information content (AvgIpc) is 3.44. The zero-order valence-corrected chi connectivity index (χ0v) is 20.8. The van der Waals surface area contributed by atoms with Gasteiger partial charge in [-0.1, -0.05) is 43.0 Å². The molecule has 5 nitrogen and oxygen atoms in total. The van der Waals surface area contributed by atoms with Gasteiger partial charge in [-0.3, -0.25) is 9.69 Å². The van der Waals surface area contributed by atoms with Crippen molar-refractivity contribution in [3.05, 3.63) is 76.1 Å². The number of thiophene rings is 1. The summed E-state index contributed by atoms with van der Waals surface area (Å²) in [4.78, 5) is 25.0. The van der Waals surface area contributed by atoms with Crippen LogP contribution in [-0.2, 0) is 6.54 Å². The highest BCUT2D eigenvalue weighted by molar-refractivity contribution is 7.08. The number of nitrogens with zero attached hydrogens (tertiary/aromatic N) is 4. The fourth-order valence-corrected chi connectivity index (χ4v) is 5.82. The van der Waals surface area contributed by atoms with Crippen LogP contribution >= 0.6 is 11.3 Å². The summed E-state index contributed by atoms with van der Waals surface area (Å²) in [7, 11) is 0. The fourth-order valence-electron chi connectivity index (χ4n) is 5.19. The lowest BCUT2D eigenvalue weighted by Crippen LogP contribution is -2.51. The number of carbonyl (C=O) groups is 1. The van der Waals surface area contributed by atoms with Crippen molar-refractivity contribution < 1.29 is 4.79 Å². The standard InChI is InChI=1S/C28H34N4OS/c1-22-7-10-26(11-8-22)32(28(33)24-13-18-34-21-24)20-23-9-12-27(29-19-23)31-16-14-30(15-17-31)25-5-3-2-4-6-25/h7-13,18-19,21,25H,2-6,14-17,20H2,1H3. The van der Waals surface area contributed by atoms with Crippen molar-refractivity contribution in [3.8, 4) is 0 Å². The molecule has 3 aromatic rings. The molecule has 0 N–H and O–H groups in total. The molecule has 2 aromatic heterocycles. The molecule has 0 bridgehead atoms. The molecule has 1 saturated heterocycles. The van der Waals surface area contributed by atoms with Gasteiger partial charge in [0.25, 0.3) is 5.91 Å². The zero-order chi connectivity index (χ0) is 23.3. The van der Waals surface area contributed by atoms with Crippen LogP contribution in [0.2, 0.25) is 0 Å². The van der Waals surface area contributed by atoms with Gasteiger partial charge in [0, 0.05) is 49.5 Å². The average molecular weight is 475 g/mol. The lowest BCUT2D eigenvalue weighted by Gasteiger charge is -2.41. The van der Waals surface area contributed by atoms with Crippen molar-refractivity contribution in [1.29, 1.82) is 0 Å². The molecule has 2 aliphatic rings. The van der Waals surface area contributed by atoms with Crippen LogP contribution in [0.5, 0.6) is 0 Å². The van der Waals surface area contributed by atoms with Gasteiger partial charge >= 0.3 is 0 Å². The summed E-state index contributed by atoms with van der Waals surface area (Å²) in [5, 5.41) is 3.86. The number of pyridine rings is 1. The summed E-state index contributed by atoms with van der Waals surface area (Å²) < 4.78 is 0. The Hall–Kier alpha value is -2.70. The SMILES string of the molecule is Cc1ccc(N(Cc2ccc(N3CCN(C4CCCCC4)CC3)nc2)C(=O)c2ccsc2)cc1. The number of carbonyl (C=O) groups excluding carboxylic acids is 1. The molecule has 3 heterocycles. The molecule has 1 aliphatic carbocycles. The lowest BCUT2D eigenvalue weighted by atomic mass is 9.94. The van der Waals surface area contributed by atoms with Gasteiger partial charge in [0.15, 0.2) is 0 Å². The molecule has 1 aromatic carbocycles. The number of benzene rings is 1. The van der Waals surface area contributed by atoms with E-state index in [9.17, 15) is 4.79 Å². The summed E-state index contributed by atoms with van der Waals surface area (Å²) >= 11 is 1.55. The minimum Gasteiger partial charge on any atom is -0.354 e. The maximum atomic E-state index is 13.3. The predicted octanol–water partition coefficient (Wildman–Crippen LogP) is 5.75. The van der Waals surface area contributed by atoms with E-state index in [2.05, 4.69) is 41.0 Å². The molecule has 6 heteroatoms. The molecule has 2 fully saturated rings. The summed E-state index contributed by atoms with van der Waals surface area (Å²) in [6.07, 6.45) is 8.87. The van der Waals surface area contributed by atoms with Gasteiger partial charge in [-0.2, -0.15) is 11.3 Å². The smallest absolute Gasteiger partial charge is 0.259 e. The van der Waals surface area contributed by atoms with Crippen LogP contribution in [0.3, 0.4) is 0 Å². The first-order valence-electron chi connectivity index (χ1n) is 12.5. The first-order chi connectivity index (χ1) is 16.7. The third kappa shape index (κ3) is 5.34. The third-order valence-corrected chi connectivity index (χ3v) is 7.92. The highest BCUT2D eigenvalue weighted by atomic mass is 32.1. The first kappa shape index (κ1) is 23.1. The Balaban J connectivity index is 1.25. The number of hydrogen-bond donors (Lipinski definition) is 0. The topological polar surface area (TPSA) is 39.7 Å². The first-order valence-corrected chi connectivity index (χ1v) is 13.5. The molecular formula is C28H34N4OS. The number of piperazine rings is 1. The summed E-state index contributed by atoms with van der Waals surface area (Å²) in [6.45, 7) is 6.89. The van der Waals surface area contributed by atoms with E-state index in [4.69, 9.17) is 4.98 Å². The van der Waals surface area contributed by atoms with Crippen LogP contribution in [-0.4, -0.2) is 48.0 Å². The van der Waals surface area contributed by atoms with Crippen molar-refractivity contribution in [2.45, 2.75) is 51.6 Å². The Labute approximate surface area is 207 Å². The van der Waals surface area contributed by atoms with Gasteiger partial charge in [0.2, 0.25) is 0 Å². The third-order valence-electron chi connectivity index (χ3n) is 7.24. The maximum Gasteiger partial charge on any atom is 0.259 e. The van der Waals surface area contributed by atoms with E-state index in [1.807, 2.05) is 40.1 Å². The number of amides is 1.